The number of carbonyl (C=O) groups excluding carboxylic acids is 1. The van der Waals surface area contributed by atoms with Crippen LogP contribution in [0.3, 0.4) is 0 Å². The second kappa shape index (κ2) is 8.55. The molecule has 5 heteroatoms. The minimum absolute atomic E-state index is 0.0304. The number of hydrogen-bond acceptors (Lipinski definition) is 4. The van der Waals surface area contributed by atoms with E-state index in [4.69, 9.17) is 0 Å². The quantitative estimate of drug-likeness (QED) is 0.820. The van der Waals surface area contributed by atoms with E-state index < -0.39 is 0 Å². The molecule has 2 N–H and O–H groups in total. The highest BCUT2D eigenvalue weighted by atomic mass is 16.1. The van der Waals surface area contributed by atoms with Gasteiger partial charge in [-0.1, -0.05) is 32.0 Å². The van der Waals surface area contributed by atoms with Crippen molar-refractivity contribution in [3.05, 3.63) is 53.6 Å². The number of nitrogens with zero attached hydrogens (tertiary/aromatic N) is 2. The van der Waals surface area contributed by atoms with Crippen LogP contribution < -0.4 is 10.6 Å². The summed E-state index contributed by atoms with van der Waals surface area (Å²) in [5.74, 6) is 0.334. The van der Waals surface area contributed by atoms with Gasteiger partial charge in [0.15, 0.2) is 0 Å². The van der Waals surface area contributed by atoms with Crippen molar-refractivity contribution in [3.8, 4) is 0 Å². The molecular formula is C19H26N4O. The maximum absolute atomic E-state index is 12.3. The second-order valence-corrected chi connectivity index (χ2v) is 6.42. The van der Waals surface area contributed by atoms with Crippen LogP contribution in [0.15, 0.2) is 36.8 Å². The van der Waals surface area contributed by atoms with Crippen molar-refractivity contribution in [2.75, 3.05) is 11.9 Å². The first-order chi connectivity index (χ1) is 11.5. The fourth-order valence-electron chi connectivity index (χ4n) is 2.61. The zero-order valence-electron chi connectivity index (χ0n) is 14.8. The molecule has 0 radical (unpaired) electrons. The van der Waals surface area contributed by atoms with E-state index in [1.165, 1.54) is 0 Å². The summed E-state index contributed by atoms with van der Waals surface area (Å²) in [7, 11) is 0. The summed E-state index contributed by atoms with van der Waals surface area (Å²) in [6.07, 6.45) is 5.83. The molecule has 0 saturated heterocycles. The molecule has 24 heavy (non-hydrogen) atoms. The maximum atomic E-state index is 12.3. The van der Waals surface area contributed by atoms with E-state index in [2.05, 4.69) is 40.5 Å². The number of nitrogens with one attached hydrogen (secondary N) is 2. The highest BCUT2D eigenvalue weighted by Gasteiger charge is 2.13. The van der Waals surface area contributed by atoms with E-state index in [1.54, 1.807) is 18.6 Å². The van der Waals surface area contributed by atoms with Crippen molar-refractivity contribution in [2.24, 2.45) is 0 Å². The van der Waals surface area contributed by atoms with Crippen molar-refractivity contribution in [2.45, 2.75) is 46.1 Å². The zero-order chi connectivity index (χ0) is 17.5. The Hall–Kier alpha value is -2.27. The van der Waals surface area contributed by atoms with E-state index in [0.717, 1.165) is 28.9 Å². The van der Waals surface area contributed by atoms with Gasteiger partial charge in [0.1, 0.15) is 0 Å². The number of benzene rings is 1. The van der Waals surface area contributed by atoms with E-state index >= 15 is 0 Å². The molecule has 0 saturated carbocycles. The zero-order valence-corrected chi connectivity index (χ0v) is 14.8. The number of rotatable bonds is 7. The molecule has 1 amide bonds. The summed E-state index contributed by atoms with van der Waals surface area (Å²) in [5, 5.41) is 6.29. The lowest BCUT2D eigenvalue weighted by Gasteiger charge is -2.18. The maximum Gasteiger partial charge on any atom is 0.238 e. The lowest BCUT2D eigenvalue weighted by molar-refractivity contribution is -0.115. The molecular weight excluding hydrogens is 300 g/mol. The topological polar surface area (TPSA) is 66.9 Å². The number of anilines is 1. The molecule has 1 atom stereocenters. The van der Waals surface area contributed by atoms with Crippen LogP contribution in [0.25, 0.3) is 0 Å². The van der Waals surface area contributed by atoms with Crippen LogP contribution in [0, 0.1) is 6.92 Å². The molecule has 0 spiro atoms. The molecule has 0 aliphatic carbocycles. The van der Waals surface area contributed by atoms with Crippen LogP contribution >= 0.6 is 0 Å². The monoisotopic (exact) mass is 326 g/mol. The third kappa shape index (κ3) is 5.13. The van der Waals surface area contributed by atoms with Gasteiger partial charge in [-0.25, -0.2) is 0 Å². The van der Waals surface area contributed by atoms with Crippen LogP contribution in [0.4, 0.5) is 5.69 Å². The summed E-state index contributed by atoms with van der Waals surface area (Å²) >= 11 is 0. The van der Waals surface area contributed by atoms with Gasteiger partial charge in [0.25, 0.3) is 0 Å². The standard InChI is InChI=1S/C19H26N4O/c1-13(2)17-7-5-6-14(3)19(17)23-18(24)12-22-15(4)10-16-11-20-8-9-21-16/h5-9,11,13,15,22H,10,12H2,1-4H3,(H,23,24)/t15-/m0/s1. The molecule has 0 bridgehead atoms. The Balaban J connectivity index is 1.90. The number of amides is 1. The van der Waals surface area contributed by atoms with Crippen LogP contribution in [-0.4, -0.2) is 28.5 Å². The predicted octanol–water partition coefficient (Wildman–Crippen LogP) is 3.07. The Morgan fingerprint density at radius 2 is 2.00 bits per heavy atom. The van der Waals surface area contributed by atoms with E-state index in [1.807, 2.05) is 26.0 Å². The fourth-order valence-corrected chi connectivity index (χ4v) is 2.61. The predicted molar refractivity (Wildman–Crippen MR) is 97.1 cm³/mol. The molecule has 1 heterocycles. The van der Waals surface area contributed by atoms with Gasteiger partial charge in [0.05, 0.1) is 12.2 Å². The first-order valence-electron chi connectivity index (χ1n) is 8.35. The highest BCUT2D eigenvalue weighted by molar-refractivity contribution is 5.93. The van der Waals surface area contributed by atoms with E-state index in [9.17, 15) is 4.79 Å². The second-order valence-electron chi connectivity index (χ2n) is 6.42. The van der Waals surface area contributed by atoms with Crippen molar-refractivity contribution in [1.82, 2.24) is 15.3 Å². The van der Waals surface area contributed by atoms with Crippen LogP contribution in [0.1, 0.15) is 43.5 Å². The van der Waals surface area contributed by atoms with Gasteiger partial charge in [-0.2, -0.15) is 0 Å². The third-order valence-corrected chi connectivity index (χ3v) is 3.93. The minimum atomic E-state index is -0.0304. The fraction of sp³-hybridized carbons (Fsp3) is 0.421. The summed E-state index contributed by atoms with van der Waals surface area (Å²) in [6, 6.07) is 6.26. The Bertz CT molecular complexity index is 670. The van der Waals surface area contributed by atoms with Gasteiger partial charge in [0.2, 0.25) is 5.91 Å². The van der Waals surface area contributed by atoms with E-state index in [-0.39, 0.29) is 18.5 Å². The average Bonchev–Trinajstić information content (AvgIpc) is 2.55. The van der Waals surface area contributed by atoms with Gasteiger partial charge >= 0.3 is 0 Å². The minimum Gasteiger partial charge on any atom is -0.324 e. The average molecular weight is 326 g/mol. The van der Waals surface area contributed by atoms with Crippen LogP contribution in [-0.2, 0) is 11.2 Å². The number of carbonyl (C=O) groups is 1. The van der Waals surface area contributed by atoms with Gasteiger partial charge < -0.3 is 10.6 Å². The van der Waals surface area contributed by atoms with Crippen molar-refractivity contribution in [3.63, 3.8) is 0 Å². The number of aryl methyl sites for hydroxylation is 1. The molecule has 128 valence electrons. The van der Waals surface area contributed by atoms with Gasteiger partial charge in [0, 0.05) is 36.7 Å². The highest BCUT2D eigenvalue weighted by Crippen LogP contribution is 2.27. The van der Waals surface area contributed by atoms with Crippen LogP contribution in [0.5, 0.6) is 0 Å². The molecule has 2 aromatic rings. The summed E-state index contributed by atoms with van der Waals surface area (Å²) in [6.45, 7) is 8.59. The van der Waals surface area contributed by atoms with E-state index in [0.29, 0.717) is 5.92 Å². The summed E-state index contributed by atoms with van der Waals surface area (Å²) < 4.78 is 0. The summed E-state index contributed by atoms with van der Waals surface area (Å²) in [4.78, 5) is 20.6. The first-order valence-corrected chi connectivity index (χ1v) is 8.35. The van der Waals surface area contributed by atoms with Crippen molar-refractivity contribution < 1.29 is 4.79 Å². The third-order valence-electron chi connectivity index (χ3n) is 3.93. The number of hydrogen-bond donors (Lipinski definition) is 2. The molecule has 0 aliphatic rings. The Kier molecular flexibility index (Phi) is 6.44. The summed E-state index contributed by atoms with van der Waals surface area (Å²) in [5.41, 5.74) is 4.10. The van der Waals surface area contributed by atoms with Gasteiger partial charge in [-0.3, -0.25) is 14.8 Å². The molecule has 2 rings (SSSR count). The van der Waals surface area contributed by atoms with Crippen molar-refractivity contribution in [1.29, 1.82) is 0 Å². The lowest BCUT2D eigenvalue weighted by atomic mass is 9.98. The smallest absolute Gasteiger partial charge is 0.238 e. The van der Waals surface area contributed by atoms with Gasteiger partial charge in [-0.15, -0.1) is 0 Å². The SMILES string of the molecule is Cc1cccc(C(C)C)c1NC(=O)CN[C@@H](C)Cc1cnccn1. The molecule has 5 nitrogen and oxygen atoms in total. The molecule has 1 aromatic carbocycles. The largest absolute Gasteiger partial charge is 0.324 e. The number of aromatic nitrogens is 2. The molecule has 1 aromatic heterocycles. The Morgan fingerprint density at radius 1 is 1.21 bits per heavy atom. The van der Waals surface area contributed by atoms with Crippen molar-refractivity contribution >= 4 is 11.6 Å². The lowest BCUT2D eigenvalue weighted by Crippen LogP contribution is -2.36. The first kappa shape index (κ1) is 18.1. The number of para-hydroxylation sites is 1. The molecule has 0 aliphatic heterocycles. The molecule has 0 unspecified atom stereocenters. The normalized spacial score (nSPS) is 12.2. The van der Waals surface area contributed by atoms with Gasteiger partial charge in [-0.05, 0) is 30.9 Å². The Labute approximate surface area is 143 Å². The Morgan fingerprint density at radius 3 is 2.67 bits per heavy atom. The van der Waals surface area contributed by atoms with Crippen LogP contribution in [0.2, 0.25) is 0 Å². The molecule has 0 fully saturated rings.